The molecule has 1 aromatic rings. The van der Waals surface area contributed by atoms with Gasteiger partial charge >= 0.3 is 0 Å². The van der Waals surface area contributed by atoms with Crippen molar-refractivity contribution in [3.63, 3.8) is 0 Å². The number of thiophene rings is 1. The van der Waals surface area contributed by atoms with Crippen LogP contribution in [-0.2, 0) is 23.0 Å². The summed E-state index contributed by atoms with van der Waals surface area (Å²) >= 11 is 1.69. The van der Waals surface area contributed by atoms with E-state index in [1.54, 1.807) is 29.5 Å². The van der Waals surface area contributed by atoms with Gasteiger partial charge in [0.1, 0.15) is 0 Å². The highest BCUT2D eigenvalue weighted by Gasteiger charge is 2.30. The second-order valence-corrected chi connectivity index (χ2v) is 10.9. The molecule has 3 heterocycles. The van der Waals surface area contributed by atoms with Crippen LogP contribution in [0.15, 0.2) is 6.07 Å². The number of rotatable bonds is 7. The monoisotopic (exact) mass is 386 g/mol. The molecule has 142 valence electrons. The summed E-state index contributed by atoms with van der Waals surface area (Å²) in [5.74, 6) is 0. The maximum Gasteiger partial charge on any atom is 0.216 e. The lowest BCUT2D eigenvalue weighted by atomic mass is 10.1. The lowest BCUT2D eigenvalue weighted by Gasteiger charge is -2.27. The lowest BCUT2D eigenvalue weighted by molar-refractivity contribution is 0.206. The van der Waals surface area contributed by atoms with Crippen LogP contribution < -0.4 is 4.74 Å². The van der Waals surface area contributed by atoms with Crippen molar-refractivity contribution in [1.29, 1.82) is 0 Å². The minimum absolute atomic E-state index is 0.363. The molecule has 0 saturated carbocycles. The molecule has 1 fully saturated rings. The summed E-state index contributed by atoms with van der Waals surface area (Å²) in [6.07, 6.45) is 5.87. The average molecular weight is 387 g/mol. The van der Waals surface area contributed by atoms with Crippen LogP contribution >= 0.6 is 11.3 Å². The molecule has 25 heavy (non-hydrogen) atoms. The van der Waals surface area contributed by atoms with Gasteiger partial charge in [0.05, 0.1) is 11.9 Å². The fraction of sp³-hybridized carbons (Fsp3) is 0.778. The summed E-state index contributed by atoms with van der Waals surface area (Å²) in [6.45, 7) is 8.88. The Morgan fingerprint density at radius 3 is 2.68 bits per heavy atom. The number of hydrogen-bond donors (Lipinski definition) is 0. The van der Waals surface area contributed by atoms with Crippen LogP contribution in [0.3, 0.4) is 0 Å². The third-order valence-electron chi connectivity index (χ3n) is 5.08. The summed E-state index contributed by atoms with van der Waals surface area (Å²) in [5, 5.41) is 0.575. The molecule has 2 aliphatic rings. The fourth-order valence-electron chi connectivity index (χ4n) is 3.51. The van der Waals surface area contributed by atoms with E-state index in [4.69, 9.17) is 4.74 Å². The van der Waals surface area contributed by atoms with E-state index in [-0.39, 0.29) is 5.25 Å². The summed E-state index contributed by atoms with van der Waals surface area (Å²) in [5.41, 5.74) is 1.12. The molecular weight excluding hydrogens is 356 g/mol. The Hall–Kier alpha value is -0.630. The number of fused-ring (bicyclic) bond motifs is 1. The molecule has 0 unspecified atom stereocenters. The molecule has 3 rings (SSSR count). The van der Waals surface area contributed by atoms with E-state index in [9.17, 15) is 8.42 Å². The molecule has 0 N–H and O–H groups in total. The Morgan fingerprint density at radius 2 is 1.96 bits per heavy atom. The van der Waals surface area contributed by atoms with Crippen molar-refractivity contribution in [3.8, 4) is 5.06 Å². The predicted molar refractivity (Wildman–Crippen MR) is 103 cm³/mol. The van der Waals surface area contributed by atoms with Gasteiger partial charge in [-0.3, -0.25) is 0 Å². The van der Waals surface area contributed by atoms with Gasteiger partial charge in [-0.05, 0) is 64.3 Å². The van der Waals surface area contributed by atoms with E-state index in [0.29, 0.717) is 13.1 Å². The number of sulfonamides is 1. The SMILES string of the molecule is CC(C)S(=O)(=O)N1CCc2sc(OCCCN3CCCCC3)cc2C1. The first-order valence-electron chi connectivity index (χ1n) is 9.42. The first-order chi connectivity index (χ1) is 12.0. The van der Waals surface area contributed by atoms with Gasteiger partial charge in [-0.15, -0.1) is 11.3 Å². The lowest BCUT2D eigenvalue weighted by Crippen LogP contribution is -2.39. The third-order valence-corrected chi connectivity index (χ3v) is 8.45. The minimum Gasteiger partial charge on any atom is -0.484 e. The van der Waals surface area contributed by atoms with Crippen LogP contribution in [0.2, 0.25) is 0 Å². The first-order valence-corrected chi connectivity index (χ1v) is 11.7. The zero-order chi connectivity index (χ0) is 17.9. The highest BCUT2D eigenvalue weighted by atomic mass is 32.2. The number of hydrogen-bond acceptors (Lipinski definition) is 5. The topological polar surface area (TPSA) is 49.9 Å². The molecule has 0 amide bonds. The smallest absolute Gasteiger partial charge is 0.216 e. The van der Waals surface area contributed by atoms with Gasteiger partial charge in [0.15, 0.2) is 5.06 Å². The summed E-state index contributed by atoms with van der Waals surface area (Å²) in [6, 6.07) is 2.04. The average Bonchev–Trinajstić information content (AvgIpc) is 3.01. The van der Waals surface area contributed by atoms with Gasteiger partial charge in [0.25, 0.3) is 0 Å². The summed E-state index contributed by atoms with van der Waals surface area (Å²) in [7, 11) is -3.18. The Bertz CT molecular complexity index is 664. The van der Waals surface area contributed by atoms with Crippen molar-refractivity contribution in [3.05, 3.63) is 16.5 Å². The molecule has 7 heteroatoms. The first kappa shape index (κ1) is 19.1. The maximum atomic E-state index is 12.4. The van der Waals surface area contributed by atoms with Gasteiger partial charge in [0, 0.05) is 24.5 Å². The molecule has 0 bridgehead atoms. The van der Waals surface area contributed by atoms with Crippen LogP contribution in [0.5, 0.6) is 5.06 Å². The third kappa shape index (κ3) is 4.76. The van der Waals surface area contributed by atoms with Crippen LogP contribution in [-0.4, -0.2) is 55.7 Å². The van der Waals surface area contributed by atoms with Crippen molar-refractivity contribution >= 4 is 21.4 Å². The number of piperidine rings is 1. The summed E-state index contributed by atoms with van der Waals surface area (Å²) < 4.78 is 32.3. The second kappa shape index (κ2) is 8.37. The molecule has 0 spiro atoms. The van der Waals surface area contributed by atoms with E-state index in [2.05, 4.69) is 4.90 Å². The molecule has 0 aliphatic carbocycles. The number of ether oxygens (including phenoxy) is 1. The van der Waals surface area contributed by atoms with E-state index < -0.39 is 10.0 Å². The van der Waals surface area contributed by atoms with Gasteiger partial charge in [0.2, 0.25) is 10.0 Å². The summed E-state index contributed by atoms with van der Waals surface area (Å²) in [4.78, 5) is 3.81. The highest BCUT2D eigenvalue weighted by Crippen LogP contribution is 2.34. The van der Waals surface area contributed by atoms with Crippen LogP contribution in [0.25, 0.3) is 0 Å². The standard InChI is InChI=1S/C18H30N2O3S2/c1-15(2)25(21,22)20-11-7-17-16(14-20)13-18(24-17)23-12-6-10-19-8-4-3-5-9-19/h13,15H,3-12,14H2,1-2H3. The van der Waals surface area contributed by atoms with Gasteiger partial charge in [-0.1, -0.05) is 6.42 Å². The molecule has 5 nitrogen and oxygen atoms in total. The zero-order valence-electron chi connectivity index (χ0n) is 15.4. The molecule has 1 saturated heterocycles. The second-order valence-electron chi connectivity index (χ2n) is 7.30. The fourth-order valence-corrected chi connectivity index (χ4v) is 5.81. The van der Waals surface area contributed by atoms with E-state index >= 15 is 0 Å². The quantitative estimate of drug-likeness (QED) is 0.676. The van der Waals surface area contributed by atoms with Crippen molar-refractivity contribution in [2.75, 3.05) is 32.8 Å². The van der Waals surface area contributed by atoms with Crippen LogP contribution in [0.1, 0.15) is 50.0 Å². The molecule has 0 atom stereocenters. The van der Waals surface area contributed by atoms with Gasteiger partial charge in [-0.25, -0.2) is 8.42 Å². The minimum atomic E-state index is -3.18. The molecule has 0 radical (unpaired) electrons. The van der Waals surface area contributed by atoms with E-state index in [1.165, 1.54) is 37.2 Å². The van der Waals surface area contributed by atoms with Crippen molar-refractivity contribution in [1.82, 2.24) is 9.21 Å². The normalized spacial score (nSPS) is 20.0. The van der Waals surface area contributed by atoms with Crippen molar-refractivity contribution in [2.24, 2.45) is 0 Å². The van der Waals surface area contributed by atoms with Gasteiger partial charge < -0.3 is 9.64 Å². The predicted octanol–water partition coefficient (Wildman–Crippen LogP) is 3.10. The zero-order valence-corrected chi connectivity index (χ0v) is 17.0. The molecule has 1 aromatic heterocycles. The Balaban J connectivity index is 1.49. The Morgan fingerprint density at radius 1 is 1.20 bits per heavy atom. The van der Waals surface area contributed by atoms with E-state index in [0.717, 1.165) is 36.6 Å². The molecule has 0 aromatic carbocycles. The van der Waals surface area contributed by atoms with Gasteiger partial charge in [-0.2, -0.15) is 4.31 Å². The Kier molecular flexibility index (Phi) is 6.41. The highest BCUT2D eigenvalue weighted by molar-refractivity contribution is 7.89. The molecule has 2 aliphatic heterocycles. The van der Waals surface area contributed by atoms with Crippen LogP contribution in [0, 0.1) is 0 Å². The largest absolute Gasteiger partial charge is 0.484 e. The number of likely N-dealkylation sites (tertiary alicyclic amines) is 1. The van der Waals surface area contributed by atoms with Crippen molar-refractivity contribution < 1.29 is 13.2 Å². The van der Waals surface area contributed by atoms with Crippen molar-refractivity contribution in [2.45, 2.75) is 57.7 Å². The van der Waals surface area contributed by atoms with E-state index in [1.807, 2.05) is 6.07 Å². The maximum absolute atomic E-state index is 12.4. The Labute approximate surface area is 156 Å². The molecular formula is C18H30N2O3S2. The van der Waals surface area contributed by atoms with Crippen LogP contribution in [0.4, 0.5) is 0 Å². The number of nitrogens with zero attached hydrogens (tertiary/aromatic N) is 2.